The molecule has 2 heterocycles. The van der Waals surface area contributed by atoms with Gasteiger partial charge in [0.1, 0.15) is 11.9 Å². The van der Waals surface area contributed by atoms with E-state index in [4.69, 9.17) is 0 Å². The van der Waals surface area contributed by atoms with Crippen LogP contribution in [-0.2, 0) is 23.1 Å². The maximum atomic E-state index is 13.7. The molecular weight excluding hydrogens is 403 g/mol. The molecule has 3 amide bonds. The second-order valence-electron chi connectivity index (χ2n) is 7.54. The van der Waals surface area contributed by atoms with Crippen molar-refractivity contribution in [1.82, 2.24) is 15.2 Å². The van der Waals surface area contributed by atoms with Gasteiger partial charge in [0.2, 0.25) is 5.91 Å². The summed E-state index contributed by atoms with van der Waals surface area (Å²) >= 11 is 0. The largest absolute Gasteiger partial charge is 0.354 e. The van der Waals surface area contributed by atoms with Gasteiger partial charge >= 0.3 is 0 Å². The van der Waals surface area contributed by atoms with Gasteiger partial charge in [-0.05, 0) is 56.0 Å². The molecule has 0 aliphatic carbocycles. The van der Waals surface area contributed by atoms with E-state index >= 15 is 0 Å². The van der Waals surface area contributed by atoms with E-state index in [1.807, 2.05) is 6.92 Å². The second kappa shape index (κ2) is 8.71. The van der Waals surface area contributed by atoms with E-state index in [2.05, 4.69) is 16.0 Å². The van der Waals surface area contributed by atoms with Crippen LogP contribution in [0.1, 0.15) is 51.0 Å². The van der Waals surface area contributed by atoms with E-state index < -0.39 is 23.6 Å². The Balaban J connectivity index is 1.85. The zero-order valence-corrected chi connectivity index (χ0v) is 17.9. The average molecular weight is 428 g/mol. The predicted octanol–water partition coefficient (Wildman–Crippen LogP) is 1.78. The minimum absolute atomic E-state index is 0.0758. The number of carbonyl (C=O) groups is 4. The molecule has 1 unspecified atom stereocenters. The van der Waals surface area contributed by atoms with Crippen LogP contribution in [0.3, 0.4) is 0 Å². The normalized spacial score (nSPS) is 15.5. The molecule has 9 heteroatoms. The molecule has 1 aromatic heterocycles. The average Bonchev–Trinajstić information content (AvgIpc) is 3.22. The highest BCUT2D eigenvalue weighted by Gasteiger charge is 2.32. The summed E-state index contributed by atoms with van der Waals surface area (Å²) in [4.78, 5) is 49.9. The Labute approximate surface area is 179 Å². The minimum atomic E-state index is -0.899. The van der Waals surface area contributed by atoms with Crippen LogP contribution in [0.2, 0.25) is 0 Å². The van der Waals surface area contributed by atoms with Crippen molar-refractivity contribution >= 4 is 29.2 Å². The van der Waals surface area contributed by atoms with Gasteiger partial charge in [0, 0.05) is 25.0 Å². The molecule has 2 aromatic rings. The molecule has 1 aromatic carbocycles. The number of hydrogen-bond acceptors (Lipinski definition) is 4. The summed E-state index contributed by atoms with van der Waals surface area (Å²) in [5.41, 5.74) is 2.10. The van der Waals surface area contributed by atoms with Crippen LogP contribution < -0.4 is 16.0 Å². The fourth-order valence-electron chi connectivity index (χ4n) is 3.81. The summed E-state index contributed by atoms with van der Waals surface area (Å²) in [6.45, 7) is 5.51. The van der Waals surface area contributed by atoms with Crippen molar-refractivity contribution in [2.75, 3.05) is 11.9 Å². The second-order valence-corrected chi connectivity index (χ2v) is 7.54. The lowest BCUT2D eigenvalue weighted by atomic mass is 10.1. The fraction of sp³-hybridized carbons (Fsp3) is 0.364. The Morgan fingerprint density at radius 1 is 1.26 bits per heavy atom. The molecule has 3 N–H and O–H groups in total. The van der Waals surface area contributed by atoms with Crippen molar-refractivity contribution in [1.29, 1.82) is 0 Å². The lowest BCUT2D eigenvalue weighted by molar-refractivity contribution is -0.125. The first-order valence-electron chi connectivity index (χ1n) is 10.0. The highest BCUT2D eigenvalue weighted by molar-refractivity contribution is 6.43. The summed E-state index contributed by atoms with van der Waals surface area (Å²) in [7, 11) is 1.59. The van der Waals surface area contributed by atoms with Gasteiger partial charge in [-0.1, -0.05) is 6.92 Å². The number of hydrogen-bond donors (Lipinski definition) is 3. The van der Waals surface area contributed by atoms with Crippen LogP contribution >= 0.6 is 0 Å². The number of nitrogens with one attached hydrogen (secondary N) is 3. The van der Waals surface area contributed by atoms with E-state index in [0.29, 0.717) is 41.9 Å². The predicted molar refractivity (Wildman–Crippen MR) is 113 cm³/mol. The minimum Gasteiger partial charge on any atom is -0.354 e. The van der Waals surface area contributed by atoms with Crippen LogP contribution in [0.25, 0.3) is 0 Å². The Morgan fingerprint density at radius 2 is 1.97 bits per heavy atom. The lowest BCUT2D eigenvalue weighted by Gasteiger charge is -2.10. The van der Waals surface area contributed by atoms with Crippen LogP contribution in [0.4, 0.5) is 10.1 Å². The van der Waals surface area contributed by atoms with Gasteiger partial charge in [0.25, 0.3) is 17.6 Å². The number of carbonyl (C=O) groups excluding carboxylic acids is 4. The molecule has 1 fully saturated rings. The number of amides is 3. The summed E-state index contributed by atoms with van der Waals surface area (Å²) in [5, 5.41) is 7.77. The molecule has 1 saturated heterocycles. The van der Waals surface area contributed by atoms with Gasteiger partial charge in [-0.25, -0.2) is 4.39 Å². The third kappa shape index (κ3) is 4.21. The SMILES string of the molecule is CCc1cc(NC(=O)c2c(C)c(C(=O)C(=O)NC3CCNC3=O)n(C)c2C)ccc1F. The van der Waals surface area contributed by atoms with Crippen molar-refractivity contribution in [3.8, 4) is 0 Å². The van der Waals surface area contributed by atoms with E-state index in [-0.39, 0.29) is 23.0 Å². The van der Waals surface area contributed by atoms with Crippen LogP contribution in [0.5, 0.6) is 0 Å². The molecule has 0 spiro atoms. The standard InChI is InChI=1S/C22H25FN4O4/c1-5-13-10-14(6-7-15(13)23)25-21(30)17-11(2)18(27(4)12(17)3)19(28)22(31)26-16-8-9-24-20(16)29/h6-7,10,16H,5,8-9H2,1-4H3,(H,24,29)(H,25,30)(H,26,31). The first-order valence-corrected chi connectivity index (χ1v) is 10.0. The third-order valence-corrected chi connectivity index (χ3v) is 5.62. The number of benzene rings is 1. The molecule has 3 rings (SSSR count). The first kappa shape index (κ1) is 22.2. The van der Waals surface area contributed by atoms with E-state index in [1.54, 1.807) is 27.0 Å². The molecule has 0 bridgehead atoms. The highest BCUT2D eigenvalue weighted by atomic mass is 19.1. The summed E-state index contributed by atoms with van der Waals surface area (Å²) in [6, 6.07) is 3.57. The summed E-state index contributed by atoms with van der Waals surface area (Å²) < 4.78 is 15.2. The number of anilines is 1. The number of ketones is 1. The molecule has 1 aliphatic heterocycles. The molecule has 8 nitrogen and oxygen atoms in total. The molecule has 31 heavy (non-hydrogen) atoms. The smallest absolute Gasteiger partial charge is 0.294 e. The number of halogens is 1. The fourth-order valence-corrected chi connectivity index (χ4v) is 3.81. The van der Waals surface area contributed by atoms with Crippen LogP contribution in [-0.4, -0.2) is 40.7 Å². The number of aromatic nitrogens is 1. The topological polar surface area (TPSA) is 109 Å². The Kier molecular flexibility index (Phi) is 6.24. The Hall–Kier alpha value is -3.49. The number of rotatable bonds is 6. The summed E-state index contributed by atoms with van der Waals surface area (Å²) in [6.07, 6.45) is 0.889. The van der Waals surface area contributed by atoms with E-state index in [0.717, 1.165) is 0 Å². The summed E-state index contributed by atoms with van der Waals surface area (Å²) in [5.74, 6) is -2.86. The Morgan fingerprint density at radius 3 is 2.58 bits per heavy atom. The van der Waals surface area contributed by atoms with Crippen LogP contribution in [0.15, 0.2) is 18.2 Å². The van der Waals surface area contributed by atoms with Gasteiger partial charge in [0.05, 0.1) is 11.3 Å². The molecule has 1 atom stereocenters. The zero-order chi connectivity index (χ0) is 22.9. The molecule has 1 aliphatic rings. The van der Waals surface area contributed by atoms with Gasteiger partial charge < -0.3 is 20.5 Å². The van der Waals surface area contributed by atoms with Gasteiger partial charge in [-0.3, -0.25) is 19.2 Å². The van der Waals surface area contributed by atoms with Gasteiger partial charge in [0.15, 0.2) is 0 Å². The van der Waals surface area contributed by atoms with Gasteiger partial charge in [-0.15, -0.1) is 0 Å². The molecule has 164 valence electrons. The van der Waals surface area contributed by atoms with Crippen molar-refractivity contribution < 1.29 is 23.6 Å². The third-order valence-electron chi connectivity index (χ3n) is 5.62. The highest BCUT2D eigenvalue weighted by Crippen LogP contribution is 2.24. The first-order chi connectivity index (χ1) is 14.6. The molecule has 0 radical (unpaired) electrons. The Bertz CT molecular complexity index is 1090. The molecule has 0 saturated carbocycles. The van der Waals surface area contributed by atoms with Crippen molar-refractivity contribution in [2.24, 2.45) is 7.05 Å². The van der Waals surface area contributed by atoms with Crippen molar-refractivity contribution in [3.63, 3.8) is 0 Å². The molecular formula is C22H25FN4O4. The van der Waals surface area contributed by atoms with Crippen molar-refractivity contribution in [3.05, 3.63) is 52.1 Å². The van der Waals surface area contributed by atoms with Gasteiger partial charge in [-0.2, -0.15) is 0 Å². The quantitative estimate of drug-likeness (QED) is 0.481. The lowest BCUT2D eigenvalue weighted by Crippen LogP contribution is -2.43. The number of aryl methyl sites for hydroxylation is 1. The van der Waals surface area contributed by atoms with Crippen molar-refractivity contribution in [2.45, 2.75) is 39.7 Å². The van der Waals surface area contributed by atoms with E-state index in [1.165, 1.54) is 16.7 Å². The maximum Gasteiger partial charge on any atom is 0.294 e. The monoisotopic (exact) mass is 428 g/mol. The van der Waals surface area contributed by atoms with Crippen LogP contribution in [0, 0.1) is 19.7 Å². The maximum absolute atomic E-state index is 13.7. The van der Waals surface area contributed by atoms with E-state index in [9.17, 15) is 23.6 Å². The number of Topliss-reactive ketones (excluding diaryl/α,β-unsaturated/α-hetero) is 1. The number of nitrogens with zero attached hydrogens (tertiary/aromatic N) is 1. The zero-order valence-electron chi connectivity index (χ0n) is 17.9.